The lowest BCUT2D eigenvalue weighted by molar-refractivity contribution is 0.296. The zero-order chi connectivity index (χ0) is 13.0. The Hall–Kier alpha value is -1.49. The molecule has 1 aromatic carbocycles. The van der Waals surface area contributed by atoms with Gasteiger partial charge in [-0.25, -0.2) is 8.78 Å². The molecule has 0 aliphatic carbocycles. The van der Waals surface area contributed by atoms with Crippen LogP contribution in [0.15, 0.2) is 36.5 Å². The third-order valence-corrected chi connectivity index (χ3v) is 2.93. The molecule has 0 saturated carbocycles. The minimum Gasteiger partial charge on any atom is -0.487 e. The fraction of sp³-hybridized carbons (Fsp3) is 0.154. The molecule has 0 aliphatic heterocycles. The monoisotopic (exact) mass is 313 g/mol. The summed E-state index contributed by atoms with van der Waals surface area (Å²) in [6, 6.07) is 7.54. The minimum atomic E-state index is -0.873. The van der Waals surface area contributed by atoms with Gasteiger partial charge in [0.1, 0.15) is 12.4 Å². The Kier molecular flexibility index (Phi) is 4.25. The Morgan fingerprint density at radius 1 is 1.17 bits per heavy atom. The molecular formula is C13H10BrF2NO. The Balaban J connectivity index is 2.04. The summed E-state index contributed by atoms with van der Waals surface area (Å²) >= 11 is 3.28. The van der Waals surface area contributed by atoms with E-state index in [1.165, 1.54) is 12.1 Å². The lowest BCUT2D eigenvalue weighted by Crippen LogP contribution is -2.00. The van der Waals surface area contributed by atoms with Gasteiger partial charge >= 0.3 is 0 Å². The molecule has 1 aromatic heterocycles. The molecule has 0 atom stereocenters. The van der Waals surface area contributed by atoms with Crippen molar-refractivity contribution < 1.29 is 13.5 Å². The van der Waals surface area contributed by atoms with Gasteiger partial charge < -0.3 is 4.74 Å². The molecule has 2 aromatic rings. The van der Waals surface area contributed by atoms with Crippen LogP contribution >= 0.6 is 15.9 Å². The van der Waals surface area contributed by atoms with Crippen molar-refractivity contribution in [2.24, 2.45) is 0 Å². The Morgan fingerprint density at radius 2 is 2.00 bits per heavy atom. The van der Waals surface area contributed by atoms with Crippen LogP contribution in [0.2, 0.25) is 0 Å². The molecule has 0 aliphatic rings. The molecule has 0 bridgehead atoms. The first-order valence-corrected chi connectivity index (χ1v) is 6.39. The fourth-order valence-corrected chi connectivity index (χ4v) is 1.73. The van der Waals surface area contributed by atoms with Gasteiger partial charge in [0.05, 0.1) is 11.9 Å². The predicted molar refractivity (Wildman–Crippen MR) is 67.6 cm³/mol. The molecule has 2 rings (SSSR count). The molecule has 0 N–H and O–H groups in total. The van der Waals surface area contributed by atoms with E-state index in [2.05, 4.69) is 20.9 Å². The van der Waals surface area contributed by atoms with E-state index in [1.807, 2.05) is 0 Å². The summed E-state index contributed by atoms with van der Waals surface area (Å²) in [5, 5.41) is 0.659. The highest BCUT2D eigenvalue weighted by Gasteiger charge is 2.08. The molecule has 5 heteroatoms. The molecule has 0 fully saturated rings. The van der Waals surface area contributed by atoms with E-state index >= 15 is 0 Å². The number of nitrogens with zero attached hydrogens (tertiary/aromatic N) is 1. The van der Waals surface area contributed by atoms with Crippen LogP contribution in [0.4, 0.5) is 8.78 Å². The number of hydrogen-bond acceptors (Lipinski definition) is 2. The molecule has 0 saturated heterocycles. The van der Waals surface area contributed by atoms with Gasteiger partial charge in [-0.15, -0.1) is 0 Å². The number of rotatable bonds is 4. The molecule has 0 amide bonds. The average molecular weight is 314 g/mol. The summed E-state index contributed by atoms with van der Waals surface area (Å²) in [6.45, 7) is -0.0288. The van der Waals surface area contributed by atoms with Crippen LogP contribution in [0.5, 0.6) is 5.75 Å². The van der Waals surface area contributed by atoms with Crippen molar-refractivity contribution in [3.63, 3.8) is 0 Å². The standard InChI is InChI=1S/C13H10BrF2NO/c14-6-10-4-5-11(7-17-10)18-8-9-2-1-3-12(15)13(9)16/h1-5,7H,6,8H2. The molecule has 0 radical (unpaired) electrons. The van der Waals surface area contributed by atoms with Crippen LogP contribution in [0.3, 0.4) is 0 Å². The van der Waals surface area contributed by atoms with Crippen LogP contribution in [0.25, 0.3) is 0 Å². The number of pyridine rings is 1. The lowest BCUT2D eigenvalue weighted by atomic mass is 10.2. The fourth-order valence-electron chi connectivity index (χ4n) is 1.40. The molecule has 0 spiro atoms. The third kappa shape index (κ3) is 3.04. The van der Waals surface area contributed by atoms with Gasteiger partial charge in [0.15, 0.2) is 11.6 Å². The molecule has 2 nitrogen and oxygen atoms in total. The van der Waals surface area contributed by atoms with E-state index in [-0.39, 0.29) is 12.2 Å². The van der Waals surface area contributed by atoms with Gasteiger partial charge in [-0.3, -0.25) is 4.98 Å². The molecule has 0 unspecified atom stereocenters. The van der Waals surface area contributed by atoms with Crippen molar-refractivity contribution in [3.05, 3.63) is 59.4 Å². The zero-order valence-electron chi connectivity index (χ0n) is 9.37. The van der Waals surface area contributed by atoms with Crippen LogP contribution in [-0.4, -0.2) is 4.98 Å². The number of benzene rings is 1. The van der Waals surface area contributed by atoms with E-state index in [0.717, 1.165) is 11.8 Å². The Labute approximate surface area is 112 Å². The highest BCUT2D eigenvalue weighted by Crippen LogP contribution is 2.16. The summed E-state index contributed by atoms with van der Waals surface area (Å²) in [7, 11) is 0. The van der Waals surface area contributed by atoms with E-state index in [4.69, 9.17) is 4.74 Å². The van der Waals surface area contributed by atoms with Gasteiger partial charge in [-0.2, -0.15) is 0 Å². The summed E-state index contributed by atoms with van der Waals surface area (Å²) in [6.07, 6.45) is 1.55. The second-order valence-corrected chi connectivity index (χ2v) is 4.18. The average Bonchev–Trinajstić information content (AvgIpc) is 2.41. The maximum absolute atomic E-state index is 13.3. The largest absolute Gasteiger partial charge is 0.487 e. The molecule has 94 valence electrons. The molecule has 1 heterocycles. The van der Waals surface area contributed by atoms with Crippen molar-refractivity contribution in [2.45, 2.75) is 11.9 Å². The Bertz CT molecular complexity index is 531. The predicted octanol–water partition coefficient (Wildman–Crippen LogP) is 3.83. The zero-order valence-corrected chi connectivity index (χ0v) is 11.0. The van der Waals surface area contributed by atoms with Gasteiger partial charge in [0.2, 0.25) is 0 Å². The van der Waals surface area contributed by atoms with E-state index < -0.39 is 11.6 Å². The summed E-state index contributed by atoms with van der Waals surface area (Å²) in [5.74, 6) is -1.23. The SMILES string of the molecule is Fc1cccc(COc2ccc(CBr)nc2)c1F. The van der Waals surface area contributed by atoms with E-state index in [9.17, 15) is 8.78 Å². The maximum atomic E-state index is 13.3. The first-order chi connectivity index (χ1) is 8.70. The van der Waals surface area contributed by atoms with Crippen LogP contribution < -0.4 is 4.74 Å². The smallest absolute Gasteiger partial charge is 0.165 e. The second kappa shape index (κ2) is 5.91. The van der Waals surface area contributed by atoms with E-state index in [0.29, 0.717) is 11.1 Å². The van der Waals surface area contributed by atoms with Crippen LogP contribution in [-0.2, 0) is 11.9 Å². The van der Waals surface area contributed by atoms with Gasteiger partial charge in [0, 0.05) is 10.9 Å². The van der Waals surface area contributed by atoms with Gasteiger partial charge in [-0.1, -0.05) is 28.1 Å². The van der Waals surface area contributed by atoms with Crippen molar-refractivity contribution in [3.8, 4) is 5.75 Å². The second-order valence-electron chi connectivity index (χ2n) is 3.62. The van der Waals surface area contributed by atoms with Gasteiger partial charge in [0.25, 0.3) is 0 Å². The molecule has 18 heavy (non-hydrogen) atoms. The maximum Gasteiger partial charge on any atom is 0.165 e. The quantitative estimate of drug-likeness (QED) is 0.800. The van der Waals surface area contributed by atoms with Crippen molar-refractivity contribution in [1.82, 2.24) is 4.98 Å². The number of ether oxygens (including phenoxy) is 1. The van der Waals surface area contributed by atoms with Crippen molar-refractivity contribution >= 4 is 15.9 Å². The highest BCUT2D eigenvalue weighted by atomic mass is 79.9. The lowest BCUT2D eigenvalue weighted by Gasteiger charge is -2.07. The minimum absolute atomic E-state index is 0.0288. The normalized spacial score (nSPS) is 10.4. The first kappa shape index (κ1) is 13.0. The summed E-state index contributed by atoms with van der Waals surface area (Å²) in [5.41, 5.74) is 1.05. The van der Waals surface area contributed by atoms with Crippen molar-refractivity contribution in [1.29, 1.82) is 0 Å². The van der Waals surface area contributed by atoms with Crippen LogP contribution in [0, 0.1) is 11.6 Å². The third-order valence-electron chi connectivity index (χ3n) is 2.36. The van der Waals surface area contributed by atoms with Crippen LogP contribution in [0.1, 0.15) is 11.3 Å². The molecular weight excluding hydrogens is 304 g/mol. The highest BCUT2D eigenvalue weighted by molar-refractivity contribution is 9.08. The number of alkyl halides is 1. The topological polar surface area (TPSA) is 22.1 Å². The van der Waals surface area contributed by atoms with E-state index in [1.54, 1.807) is 18.3 Å². The van der Waals surface area contributed by atoms with Gasteiger partial charge in [-0.05, 0) is 18.2 Å². The number of aromatic nitrogens is 1. The first-order valence-electron chi connectivity index (χ1n) is 5.27. The number of hydrogen-bond donors (Lipinski definition) is 0. The number of halogens is 3. The summed E-state index contributed by atoms with van der Waals surface area (Å²) < 4.78 is 31.6. The van der Waals surface area contributed by atoms with Crippen molar-refractivity contribution in [2.75, 3.05) is 0 Å². The Morgan fingerprint density at radius 3 is 2.67 bits per heavy atom. The summed E-state index contributed by atoms with van der Waals surface area (Å²) in [4.78, 5) is 4.11.